The van der Waals surface area contributed by atoms with Gasteiger partial charge in [-0.2, -0.15) is 5.26 Å². The van der Waals surface area contributed by atoms with Crippen LogP contribution in [-0.4, -0.2) is 70.2 Å². The topological polar surface area (TPSA) is 148 Å². The minimum Gasteiger partial charge on any atom is -0.488 e. The van der Waals surface area contributed by atoms with E-state index in [-0.39, 0.29) is 61.6 Å². The number of ether oxygens (including phenoxy) is 2. The summed E-state index contributed by atoms with van der Waals surface area (Å²) in [6.07, 6.45) is 16.0. The van der Waals surface area contributed by atoms with Crippen molar-refractivity contribution in [2.24, 2.45) is 66.4 Å². The zero-order valence-electron chi connectivity index (χ0n) is 42.7. The summed E-state index contributed by atoms with van der Waals surface area (Å²) < 4.78 is 14.1. The highest BCUT2D eigenvalue weighted by atomic mass is 16.5. The highest BCUT2D eigenvalue weighted by Crippen LogP contribution is 2.91. The van der Waals surface area contributed by atoms with Gasteiger partial charge in [-0.25, -0.2) is 10.4 Å². The van der Waals surface area contributed by atoms with E-state index in [0.29, 0.717) is 22.8 Å². The van der Waals surface area contributed by atoms with Gasteiger partial charge in [0.05, 0.1) is 28.8 Å². The molecule has 9 nitrogen and oxygen atoms in total. The third kappa shape index (κ3) is 4.50. The number of aliphatic imine (C=N–C) groups is 1. The number of piperidine rings is 1. The smallest absolute Gasteiger partial charge is 0.180 e. The van der Waals surface area contributed by atoms with Crippen LogP contribution in [0.2, 0.25) is 0 Å². The van der Waals surface area contributed by atoms with Gasteiger partial charge in [0.15, 0.2) is 6.19 Å². The van der Waals surface area contributed by atoms with E-state index in [1.807, 2.05) is 0 Å². The predicted octanol–water partition coefficient (Wildman–Crippen LogP) is 9.97. The van der Waals surface area contributed by atoms with Crippen LogP contribution in [0.3, 0.4) is 0 Å². The number of nitrogens with zero attached hydrogens (tertiary/aromatic N) is 3. The predicted molar refractivity (Wildman–Crippen MR) is 258 cm³/mol. The van der Waals surface area contributed by atoms with E-state index >= 15 is 0 Å². The first-order valence-electron chi connectivity index (χ1n) is 25.6. The number of nitriles is 1. The summed E-state index contributed by atoms with van der Waals surface area (Å²) in [4.78, 5) is 5.30. The minimum atomic E-state index is -0.803. The first-order chi connectivity index (χ1) is 30.8. The molecular weight excluding hydrogens is 819 g/mol. The zero-order valence-corrected chi connectivity index (χ0v) is 42.7. The molecule has 2 aromatic carbocycles. The van der Waals surface area contributed by atoms with Gasteiger partial charge in [-0.3, -0.25) is 4.90 Å². The quantitative estimate of drug-likeness (QED) is 0.133. The molecule has 0 aromatic heterocycles. The lowest BCUT2D eigenvalue weighted by Gasteiger charge is -2.70. The van der Waals surface area contributed by atoms with Gasteiger partial charge < -0.3 is 25.4 Å². The molecule has 5 N–H and O–H groups in total. The maximum Gasteiger partial charge on any atom is 0.180 e. The SMILES string of the molecule is CN.CN=C=N.Cc1ccc2c3c1OC1C4(C)CCC5(CC4C(C)(O)C(C)(C)C)[C@@H]4CC4(C2)C[C@]315.Cc1ccc2c3c1OC1C4(C)CCC5(CC4C(C)(O)C(C)(C)C)[C@@H]4N(C#N)C4(C2)C[C@]315. The van der Waals surface area contributed by atoms with Crippen molar-refractivity contribution in [3.8, 4) is 17.7 Å². The summed E-state index contributed by atoms with van der Waals surface area (Å²) in [5.41, 5.74) is 12.4. The standard InChI is InChI=1S/C27H34N2O2.C27H36O2.C2H4N2.CH5N/c1-15-7-8-16-11-26-13-27-18(16)19(15)31-21(27)23(5)9-10-25(27,20(26)29(26)14-28)12-17(23)24(6,30)22(2,3)4;1-15-7-8-16-11-25-12-18(25)26-10-9-23(5,17(13-26)24(6,28)22(2,3)4)21-27(26,14-25)19(16)20(15)29-21;1-4-2-3;1-2/h7-8,17,20-21,30H,9-13H2,1-6H3;7-8,17-18,21,28H,9-14H2,1-6H3;3H,1H3;2H2,1H3/t17?,20-,21?,23?,24?,25?,26?,27-,29?;17?,18-,21?,23?,24?,25?,26?,27+;;/m01../s1. The third-order valence-corrected chi connectivity index (χ3v) is 23.5. The van der Waals surface area contributed by atoms with Crippen LogP contribution >= 0.6 is 0 Å². The van der Waals surface area contributed by atoms with Crippen molar-refractivity contribution in [3.05, 3.63) is 57.6 Å². The van der Waals surface area contributed by atoms with Crippen LogP contribution in [0.25, 0.3) is 0 Å². The molecule has 3 heterocycles. The monoisotopic (exact) mass is 898 g/mol. The Morgan fingerprint density at radius 2 is 1.18 bits per heavy atom. The Morgan fingerprint density at radius 3 is 1.65 bits per heavy atom. The Labute approximate surface area is 395 Å². The van der Waals surface area contributed by atoms with E-state index in [1.54, 1.807) is 17.1 Å². The molecule has 16 atom stereocenters. The van der Waals surface area contributed by atoms with Crippen molar-refractivity contribution >= 4 is 6.01 Å². The highest BCUT2D eigenvalue weighted by molar-refractivity contribution is 5.66. The number of fused-ring (bicyclic) bond motifs is 4. The maximum absolute atomic E-state index is 12.0. The normalized spacial score (nSPS) is 46.2. The molecule has 1 saturated heterocycles. The molecular formula is C57H79N5O4. The number of likely N-dealkylation sites (tertiary alicyclic amines) is 1. The second-order valence-electron chi connectivity index (χ2n) is 27.2. The first-order valence-corrected chi connectivity index (χ1v) is 25.6. The fourth-order valence-corrected chi connectivity index (χ4v) is 19.9. The van der Waals surface area contributed by atoms with Gasteiger partial charge in [-0.15, -0.1) is 0 Å². The van der Waals surface area contributed by atoms with Crippen LogP contribution in [-0.2, 0) is 23.7 Å². The molecule has 356 valence electrons. The lowest BCUT2D eigenvalue weighted by molar-refractivity contribution is -0.246. The van der Waals surface area contributed by atoms with Crippen molar-refractivity contribution in [2.45, 2.75) is 200 Å². The molecule has 66 heavy (non-hydrogen) atoms. The summed E-state index contributed by atoms with van der Waals surface area (Å²) in [5, 5.41) is 40.2. The molecule has 12 unspecified atom stereocenters. The fraction of sp³-hybridized carbons (Fsp3) is 0.754. The number of hydrogen-bond donors (Lipinski definition) is 4. The number of aryl methyl sites for hydroxylation is 2. The van der Waals surface area contributed by atoms with E-state index in [9.17, 15) is 15.5 Å². The van der Waals surface area contributed by atoms with Crippen LogP contribution < -0.4 is 15.2 Å². The molecule has 6 spiro atoms. The lowest BCUT2D eigenvalue weighted by Crippen LogP contribution is -2.73. The second-order valence-corrected chi connectivity index (χ2v) is 27.2. The van der Waals surface area contributed by atoms with Crippen LogP contribution in [0, 0.1) is 86.4 Å². The molecule has 0 amide bonds. The van der Waals surface area contributed by atoms with Crippen molar-refractivity contribution in [3.63, 3.8) is 0 Å². The maximum atomic E-state index is 12.0. The van der Waals surface area contributed by atoms with Gasteiger partial charge in [0.1, 0.15) is 23.7 Å². The van der Waals surface area contributed by atoms with Crippen molar-refractivity contribution in [1.29, 1.82) is 10.7 Å². The zero-order chi connectivity index (χ0) is 47.8. The van der Waals surface area contributed by atoms with Crippen LogP contribution in [0.15, 0.2) is 29.3 Å². The van der Waals surface area contributed by atoms with Crippen molar-refractivity contribution in [2.75, 3.05) is 14.1 Å². The Balaban J connectivity index is 0.000000131. The molecule has 16 rings (SSSR count). The molecule has 3 aliphatic heterocycles. The van der Waals surface area contributed by atoms with Crippen molar-refractivity contribution in [1.82, 2.24) is 4.90 Å². The fourth-order valence-electron chi connectivity index (χ4n) is 19.9. The number of nitrogens with two attached hydrogens (primary N) is 1. The number of rotatable bonds is 2. The molecule has 9 heteroatoms. The lowest BCUT2D eigenvalue weighted by atomic mass is 9.35. The van der Waals surface area contributed by atoms with Gasteiger partial charge >= 0.3 is 0 Å². The van der Waals surface area contributed by atoms with E-state index in [1.165, 1.54) is 80.6 Å². The van der Waals surface area contributed by atoms with E-state index in [4.69, 9.17) is 14.9 Å². The largest absolute Gasteiger partial charge is 0.488 e. The van der Waals surface area contributed by atoms with Gasteiger partial charge in [-0.05, 0) is 167 Å². The van der Waals surface area contributed by atoms with Gasteiger partial charge in [0, 0.05) is 45.2 Å². The molecule has 10 fully saturated rings. The first kappa shape index (κ1) is 45.1. The highest BCUT2D eigenvalue weighted by Gasteiger charge is 2.93. The van der Waals surface area contributed by atoms with Crippen LogP contribution in [0.5, 0.6) is 11.5 Å². The average Bonchev–Trinajstić information content (AvgIpc) is 3.87. The molecule has 11 aliphatic carbocycles. The van der Waals surface area contributed by atoms with Gasteiger partial charge in [-0.1, -0.05) is 79.7 Å². The Morgan fingerprint density at radius 1 is 0.727 bits per heavy atom. The molecule has 8 bridgehead atoms. The third-order valence-electron chi connectivity index (χ3n) is 23.5. The summed E-state index contributed by atoms with van der Waals surface area (Å²) in [7, 11) is 3.01. The van der Waals surface area contributed by atoms with E-state index < -0.39 is 11.2 Å². The summed E-state index contributed by atoms with van der Waals surface area (Å²) in [5.74, 6) is 3.67. The summed E-state index contributed by atoms with van der Waals surface area (Å²) in [6, 6.07) is 11.4. The second kappa shape index (κ2) is 12.7. The number of hydrogen-bond acceptors (Lipinski definition) is 9. The van der Waals surface area contributed by atoms with E-state index in [0.717, 1.165) is 43.8 Å². The van der Waals surface area contributed by atoms with Crippen LogP contribution in [0.4, 0.5) is 0 Å². The van der Waals surface area contributed by atoms with Crippen LogP contribution in [0.1, 0.15) is 160 Å². The Hall–Kier alpha value is -3.41. The summed E-state index contributed by atoms with van der Waals surface area (Å²) >= 11 is 0. The molecule has 0 radical (unpaired) electrons. The average molecular weight is 898 g/mol. The Bertz CT molecular complexity index is 2580. The number of aliphatic hydroxyl groups is 2. The van der Waals surface area contributed by atoms with Crippen molar-refractivity contribution < 1.29 is 19.7 Å². The molecule has 14 aliphatic rings. The van der Waals surface area contributed by atoms with Gasteiger partial charge in [0.2, 0.25) is 0 Å². The molecule has 9 saturated carbocycles. The molecule has 2 aromatic rings. The summed E-state index contributed by atoms with van der Waals surface area (Å²) in [6.45, 7) is 26.7. The minimum absolute atomic E-state index is 0.0113. The Kier molecular flexibility index (Phi) is 8.65. The number of nitrogens with one attached hydrogen (secondary N) is 1. The number of benzene rings is 2. The van der Waals surface area contributed by atoms with E-state index in [2.05, 4.69) is 129 Å². The van der Waals surface area contributed by atoms with Gasteiger partial charge in [0.25, 0.3) is 0 Å².